The van der Waals surface area contributed by atoms with Crippen LogP contribution in [0.2, 0.25) is 5.02 Å². The number of fused-ring (bicyclic) bond motifs is 1. The summed E-state index contributed by atoms with van der Waals surface area (Å²) in [5, 5.41) is 10.7. The number of nitriles is 1. The molecule has 0 fully saturated rings. The van der Waals surface area contributed by atoms with Gasteiger partial charge in [-0.1, -0.05) is 23.7 Å². The molecule has 0 unspecified atom stereocenters. The SMILES string of the molecule is N#Cc1cccc(-c2cc3cc(Cl)ccc3[nH]2)c1. The minimum absolute atomic E-state index is 0.657. The molecule has 0 saturated carbocycles. The van der Waals surface area contributed by atoms with Crippen molar-refractivity contribution in [2.45, 2.75) is 0 Å². The van der Waals surface area contributed by atoms with Gasteiger partial charge in [-0.25, -0.2) is 0 Å². The molecule has 1 N–H and O–H groups in total. The van der Waals surface area contributed by atoms with E-state index in [1.54, 1.807) is 6.07 Å². The molecule has 3 heteroatoms. The fourth-order valence-corrected chi connectivity index (χ4v) is 2.20. The number of aromatic nitrogens is 1. The Morgan fingerprint density at radius 3 is 2.78 bits per heavy atom. The van der Waals surface area contributed by atoms with E-state index in [1.165, 1.54) is 0 Å². The van der Waals surface area contributed by atoms with Gasteiger partial charge in [0.2, 0.25) is 0 Å². The van der Waals surface area contributed by atoms with E-state index in [2.05, 4.69) is 11.1 Å². The van der Waals surface area contributed by atoms with Gasteiger partial charge >= 0.3 is 0 Å². The quantitative estimate of drug-likeness (QED) is 0.687. The van der Waals surface area contributed by atoms with Crippen molar-refractivity contribution in [3.05, 3.63) is 59.1 Å². The van der Waals surface area contributed by atoms with Gasteiger partial charge in [0.05, 0.1) is 11.6 Å². The number of aromatic amines is 1. The molecule has 2 nitrogen and oxygen atoms in total. The normalized spacial score (nSPS) is 10.4. The smallest absolute Gasteiger partial charge is 0.0991 e. The van der Waals surface area contributed by atoms with E-state index in [-0.39, 0.29) is 0 Å². The van der Waals surface area contributed by atoms with Crippen molar-refractivity contribution in [3.63, 3.8) is 0 Å². The molecule has 3 rings (SSSR count). The molecule has 0 aliphatic rings. The Kier molecular flexibility index (Phi) is 2.55. The molecule has 18 heavy (non-hydrogen) atoms. The highest BCUT2D eigenvalue weighted by molar-refractivity contribution is 6.31. The van der Waals surface area contributed by atoms with Crippen LogP contribution in [-0.2, 0) is 0 Å². The molecule has 2 aromatic carbocycles. The van der Waals surface area contributed by atoms with Crippen LogP contribution in [0.5, 0.6) is 0 Å². The van der Waals surface area contributed by atoms with Crippen LogP contribution in [-0.4, -0.2) is 4.98 Å². The van der Waals surface area contributed by atoms with Gasteiger partial charge < -0.3 is 4.98 Å². The van der Waals surface area contributed by atoms with Crippen LogP contribution in [0.1, 0.15) is 5.56 Å². The Balaban J connectivity index is 2.16. The van der Waals surface area contributed by atoms with Crippen LogP contribution < -0.4 is 0 Å². The third-order valence-electron chi connectivity index (χ3n) is 2.89. The zero-order valence-corrected chi connectivity index (χ0v) is 10.2. The number of rotatable bonds is 1. The third-order valence-corrected chi connectivity index (χ3v) is 3.12. The summed E-state index contributed by atoms with van der Waals surface area (Å²) in [6.45, 7) is 0. The van der Waals surface area contributed by atoms with Crippen molar-refractivity contribution < 1.29 is 0 Å². The molecule has 3 aromatic rings. The van der Waals surface area contributed by atoms with Crippen molar-refractivity contribution in [1.82, 2.24) is 4.98 Å². The summed E-state index contributed by atoms with van der Waals surface area (Å²) in [4.78, 5) is 3.32. The van der Waals surface area contributed by atoms with E-state index < -0.39 is 0 Å². The third kappa shape index (κ3) is 1.85. The van der Waals surface area contributed by atoms with Crippen molar-refractivity contribution in [1.29, 1.82) is 5.26 Å². The average molecular weight is 253 g/mol. The van der Waals surface area contributed by atoms with Crippen LogP contribution in [0, 0.1) is 11.3 Å². The molecule has 0 aliphatic heterocycles. The molecule has 86 valence electrons. The maximum absolute atomic E-state index is 8.91. The van der Waals surface area contributed by atoms with E-state index in [0.29, 0.717) is 5.56 Å². The van der Waals surface area contributed by atoms with E-state index >= 15 is 0 Å². The minimum atomic E-state index is 0.657. The zero-order valence-electron chi connectivity index (χ0n) is 9.44. The van der Waals surface area contributed by atoms with Crippen molar-refractivity contribution in [3.8, 4) is 17.3 Å². The van der Waals surface area contributed by atoms with Crippen molar-refractivity contribution in [2.24, 2.45) is 0 Å². The lowest BCUT2D eigenvalue weighted by atomic mass is 10.1. The van der Waals surface area contributed by atoms with Crippen molar-refractivity contribution in [2.75, 3.05) is 0 Å². The summed E-state index contributed by atoms with van der Waals surface area (Å²) in [5.41, 5.74) is 3.69. The summed E-state index contributed by atoms with van der Waals surface area (Å²) in [7, 11) is 0. The number of H-pyrrole nitrogens is 1. The number of benzene rings is 2. The molecule has 0 saturated heterocycles. The lowest BCUT2D eigenvalue weighted by Gasteiger charge is -1.97. The fraction of sp³-hybridized carbons (Fsp3) is 0. The van der Waals surface area contributed by atoms with Gasteiger partial charge in [-0.05, 0) is 42.0 Å². The first-order valence-electron chi connectivity index (χ1n) is 5.55. The van der Waals surface area contributed by atoms with Gasteiger partial charge in [0, 0.05) is 21.6 Å². The highest BCUT2D eigenvalue weighted by atomic mass is 35.5. The number of hydrogen-bond acceptors (Lipinski definition) is 1. The highest BCUT2D eigenvalue weighted by Crippen LogP contribution is 2.26. The largest absolute Gasteiger partial charge is 0.355 e. The van der Waals surface area contributed by atoms with Crippen LogP contribution >= 0.6 is 11.6 Å². The molecular weight excluding hydrogens is 244 g/mol. The Morgan fingerprint density at radius 1 is 1.06 bits per heavy atom. The van der Waals surface area contributed by atoms with Crippen LogP contribution in [0.15, 0.2) is 48.5 Å². The van der Waals surface area contributed by atoms with Crippen LogP contribution in [0.25, 0.3) is 22.2 Å². The standard InChI is InChI=1S/C15H9ClN2/c16-13-4-5-14-12(7-13)8-15(18-14)11-3-1-2-10(6-11)9-17/h1-8,18H. The fourth-order valence-electron chi connectivity index (χ4n) is 2.02. The van der Waals surface area contributed by atoms with Crippen LogP contribution in [0.3, 0.4) is 0 Å². The molecule has 1 aromatic heterocycles. The van der Waals surface area contributed by atoms with Gasteiger partial charge in [0.25, 0.3) is 0 Å². The highest BCUT2D eigenvalue weighted by Gasteiger charge is 2.04. The summed E-state index contributed by atoms with van der Waals surface area (Å²) in [6, 6.07) is 17.4. The molecule has 0 atom stereocenters. The summed E-state index contributed by atoms with van der Waals surface area (Å²) < 4.78 is 0. The molecule has 0 radical (unpaired) electrons. The minimum Gasteiger partial charge on any atom is -0.355 e. The maximum Gasteiger partial charge on any atom is 0.0991 e. The molecule has 0 aliphatic carbocycles. The van der Waals surface area contributed by atoms with Crippen molar-refractivity contribution >= 4 is 22.5 Å². The van der Waals surface area contributed by atoms with Gasteiger partial charge in [0.1, 0.15) is 0 Å². The number of nitrogens with zero attached hydrogens (tertiary/aromatic N) is 1. The van der Waals surface area contributed by atoms with E-state index in [4.69, 9.17) is 16.9 Å². The summed E-state index contributed by atoms with van der Waals surface area (Å²) in [6.07, 6.45) is 0. The number of hydrogen-bond donors (Lipinski definition) is 1. The van der Waals surface area contributed by atoms with Gasteiger partial charge in [-0.2, -0.15) is 5.26 Å². The van der Waals surface area contributed by atoms with Gasteiger partial charge in [0.15, 0.2) is 0 Å². The average Bonchev–Trinajstić information content (AvgIpc) is 2.81. The second-order valence-electron chi connectivity index (χ2n) is 4.11. The molecule has 0 spiro atoms. The second kappa shape index (κ2) is 4.21. The second-order valence-corrected chi connectivity index (χ2v) is 4.54. The first kappa shape index (κ1) is 10.9. The molecular formula is C15H9ClN2. The predicted molar refractivity (Wildman–Crippen MR) is 73.5 cm³/mol. The lowest BCUT2D eigenvalue weighted by Crippen LogP contribution is -1.79. The Labute approximate surface area is 109 Å². The van der Waals surface area contributed by atoms with Crippen LogP contribution in [0.4, 0.5) is 0 Å². The maximum atomic E-state index is 8.91. The molecule has 1 heterocycles. The Hall–Kier alpha value is -2.24. The summed E-state index contributed by atoms with van der Waals surface area (Å²) in [5.74, 6) is 0. The van der Waals surface area contributed by atoms with Gasteiger partial charge in [-0.15, -0.1) is 0 Å². The van der Waals surface area contributed by atoms with E-state index in [0.717, 1.165) is 27.2 Å². The first-order chi connectivity index (χ1) is 8.76. The van der Waals surface area contributed by atoms with E-state index in [1.807, 2.05) is 42.5 Å². The Bertz CT molecular complexity index is 766. The van der Waals surface area contributed by atoms with E-state index in [9.17, 15) is 0 Å². The number of halogens is 1. The molecule has 0 bridgehead atoms. The predicted octanol–water partition coefficient (Wildman–Crippen LogP) is 4.36. The van der Waals surface area contributed by atoms with Gasteiger partial charge in [-0.3, -0.25) is 0 Å². The summed E-state index contributed by atoms with van der Waals surface area (Å²) >= 11 is 5.96. The number of nitrogens with one attached hydrogen (secondary N) is 1. The lowest BCUT2D eigenvalue weighted by molar-refractivity contribution is 1.43. The first-order valence-corrected chi connectivity index (χ1v) is 5.93. The topological polar surface area (TPSA) is 39.6 Å². The molecule has 0 amide bonds. The zero-order chi connectivity index (χ0) is 12.5. The Morgan fingerprint density at radius 2 is 1.94 bits per heavy atom. The monoisotopic (exact) mass is 252 g/mol.